The van der Waals surface area contributed by atoms with Gasteiger partial charge in [0.2, 0.25) is 5.91 Å². The fourth-order valence-electron chi connectivity index (χ4n) is 4.21. The van der Waals surface area contributed by atoms with Crippen LogP contribution in [-0.2, 0) is 26.7 Å². The van der Waals surface area contributed by atoms with E-state index in [0.29, 0.717) is 25.1 Å². The van der Waals surface area contributed by atoms with Crippen LogP contribution in [0.4, 0.5) is 4.39 Å². The molecule has 1 aromatic rings. The number of benzene rings is 1. The predicted octanol–water partition coefficient (Wildman–Crippen LogP) is 4.87. The van der Waals surface area contributed by atoms with Crippen LogP contribution in [0.25, 0.3) is 0 Å². The van der Waals surface area contributed by atoms with Gasteiger partial charge in [-0.15, -0.1) is 0 Å². The van der Waals surface area contributed by atoms with Gasteiger partial charge < -0.3 is 10.6 Å². The van der Waals surface area contributed by atoms with Gasteiger partial charge in [0.1, 0.15) is 6.04 Å². The van der Waals surface area contributed by atoms with Crippen LogP contribution < -0.4 is 10.6 Å². The quantitative estimate of drug-likeness (QED) is 0.393. The molecule has 1 aromatic carbocycles. The minimum absolute atomic E-state index is 0.143. The molecule has 3 atom stereocenters. The Hall–Kier alpha value is -1.54. The van der Waals surface area contributed by atoms with Crippen molar-refractivity contribution < 1.29 is 18.8 Å². The molecule has 2 aliphatic carbocycles. The normalized spacial score (nSPS) is 21.6. The molecule has 2 aliphatic rings. The van der Waals surface area contributed by atoms with Crippen LogP contribution in [0, 0.1) is 11.8 Å². The highest BCUT2D eigenvalue weighted by atomic mass is 32.2. The van der Waals surface area contributed by atoms with Gasteiger partial charge in [-0.25, -0.2) is 4.39 Å². The van der Waals surface area contributed by atoms with Crippen molar-refractivity contribution in [2.45, 2.75) is 88.6 Å². The number of ketones is 1. The summed E-state index contributed by atoms with van der Waals surface area (Å²) < 4.78 is 13.7. The van der Waals surface area contributed by atoms with E-state index in [2.05, 4.69) is 23.3 Å². The van der Waals surface area contributed by atoms with E-state index in [4.69, 9.17) is 0 Å². The average molecular weight is 511 g/mol. The lowest BCUT2D eigenvalue weighted by atomic mass is 9.83. The van der Waals surface area contributed by atoms with Gasteiger partial charge in [-0.2, -0.15) is 24.4 Å². The Kier molecular flexibility index (Phi) is 10.5. The van der Waals surface area contributed by atoms with Crippen molar-refractivity contribution in [3.8, 4) is 0 Å². The third-order valence-electron chi connectivity index (χ3n) is 6.77. The zero-order valence-corrected chi connectivity index (χ0v) is 22.7. The highest BCUT2D eigenvalue weighted by Gasteiger charge is 2.53. The summed E-state index contributed by atoms with van der Waals surface area (Å²) in [4.78, 5) is 38.9. The third-order valence-corrected chi connectivity index (χ3v) is 8.42. The largest absolute Gasteiger partial charge is 0.352 e. The highest BCUT2D eigenvalue weighted by molar-refractivity contribution is 8.00. The Morgan fingerprint density at radius 1 is 1.12 bits per heavy atom. The number of nitrogens with one attached hydrogen (secondary N) is 2. The molecule has 2 amide bonds. The minimum atomic E-state index is -1.85. The number of rotatable bonds is 10. The second-order valence-electron chi connectivity index (χ2n) is 9.42. The standard InChI is InChI=1S/C24H33FN2O3S2.C2H6/c1-23(2,32-3)20(27-22(30)24(25)11-12-24)19(28)17-5-4-6-18(17)21(29)26-13-15-7-9-16(14-31)10-8-15;1-2/h7-10,17-18,20,31H,4-6,11-14H2,1-3H3,(H,26,29)(H,27,30);1-2H3. The van der Waals surface area contributed by atoms with Crippen molar-refractivity contribution in [1.82, 2.24) is 10.6 Å². The van der Waals surface area contributed by atoms with Gasteiger partial charge in [-0.3, -0.25) is 14.4 Å². The van der Waals surface area contributed by atoms with Gasteiger partial charge in [0.15, 0.2) is 11.5 Å². The average Bonchev–Trinajstić information content (AvgIpc) is 3.41. The molecular formula is C26H39FN2O3S2. The van der Waals surface area contributed by atoms with Crippen LogP contribution in [0.2, 0.25) is 0 Å². The summed E-state index contributed by atoms with van der Waals surface area (Å²) in [5.74, 6) is -1.27. The molecule has 8 heteroatoms. The van der Waals surface area contributed by atoms with Crippen LogP contribution in [0.1, 0.15) is 70.9 Å². The van der Waals surface area contributed by atoms with Crippen LogP contribution in [0.3, 0.4) is 0 Å². The first kappa shape index (κ1) is 28.7. The highest BCUT2D eigenvalue weighted by Crippen LogP contribution is 2.41. The van der Waals surface area contributed by atoms with Crippen molar-refractivity contribution in [3.05, 3.63) is 35.4 Å². The van der Waals surface area contributed by atoms with E-state index in [-0.39, 0.29) is 24.5 Å². The Labute approximate surface area is 213 Å². The van der Waals surface area contributed by atoms with E-state index in [1.54, 1.807) is 0 Å². The van der Waals surface area contributed by atoms with Gasteiger partial charge in [0, 0.05) is 28.9 Å². The molecule has 5 nitrogen and oxygen atoms in total. The first-order valence-electron chi connectivity index (χ1n) is 12.2. The molecule has 0 aliphatic heterocycles. The molecule has 2 fully saturated rings. The molecule has 2 saturated carbocycles. The van der Waals surface area contributed by atoms with Gasteiger partial charge in [-0.1, -0.05) is 44.5 Å². The van der Waals surface area contributed by atoms with Crippen LogP contribution in [0.5, 0.6) is 0 Å². The lowest BCUT2D eigenvalue weighted by Gasteiger charge is -2.35. The number of Topliss-reactive ketones (excluding diaryl/α,β-unsaturated/α-hetero) is 1. The number of carbonyl (C=O) groups is 3. The first-order valence-corrected chi connectivity index (χ1v) is 14.0. The molecule has 3 unspecified atom stereocenters. The molecule has 2 N–H and O–H groups in total. The van der Waals surface area contributed by atoms with E-state index in [1.807, 2.05) is 58.2 Å². The molecule has 34 heavy (non-hydrogen) atoms. The van der Waals surface area contributed by atoms with Crippen molar-refractivity contribution >= 4 is 42.0 Å². The Bertz CT molecular complexity index is 856. The topological polar surface area (TPSA) is 75.3 Å². The summed E-state index contributed by atoms with van der Waals surface area (Å²) in [7, 11) is 0. The summed E-state index contributed by atoms with van der Waals surface area (Å²) in [6.45, 7) is 8.14. The molecular weight excluding hydrogens is 471 g/mol. The first-order chi connectivity index (χ1) is 16.1. The van der Waals surface area contributed by atoms with Crippen LogP contribution >= 0.6 is 24.4 Å². The van der Waals surface area contributed by atoms with E-state index in [1.165, 1.54) is 11.8 Å². The Morgan fingerprint density at radius 3 is 2.21 bits per heavy atom. The van der Waals surface area contributed by atoms with E-state index < -0.39 is 34.2 Å². The smallest absolute Gasteiger partial charge is 0.258 e. The zero-order valence-electron chi connectivity index (χ0n) is 20.9. The van der Waals surface area contributed by atoms with Gasteiger partial charge >= 0.3 is 0 Å². The number of alkyl halides is 1. The third kappa shape index (κ3) is 7.00. The lowest BCUT2D eigenvalue weighted by Crippen LogP contribution is -2.57. The van der Waals surface area contributed by atoms with Gasteiger partial charge in [0.05, 0.1) is 0 Å². The summed E-state index contributed by atoms with van der Waals surface area (Å²) in [5.41, 5.74) is 0.244. The molecule has 0 spiro atoms. The van der Waals surface area contributed by atoms with Crippen molar-refractivity contribution in [3.63, 3.8) is 0 Å². The van der Waals surface area contributed by atoms with Gasteiger partial charge in [0.25, 0.3) is 5.91 Å². The maximum Gasteiger partial charge on any atom is 0.258 e. The maximum atomic E-state index is 14.3. The molecule has 3 rings (SSSR count). The SMILES string of the molecule is CC.CSC(C)(C)C(NC(=O)C1(F)CC1)C(=O)C1CCCC1C(=O)NCc1ccc(CS)cc1. The van der Waals surface area contributed by atoms with Crippen molar-refractivity contribution in [2.75, 3.05) is 6.26 Å². The second kappa shape index (κ2) is 12.4. The molecule has 0 bridgehead atoms. The van der Waals surface area contributed by atoms with Crippen molar-refractivity contribution in [2.24, 2.45) is 11.8 Å². The second-order valence-corrected chi connectivity index (χ2v) is 11.2. The fraction of sp³-hybridized carbons (Fsp3) is 0.654. The minimum Gasteiger partial charge on any atom is -0.352 e. The number of hydrogen-bond acceptors (Lipinski definition) is 5. The Morgan fingerprint density at radius 2 is 1.68 bits per heavy atom. The summed E-state index contributed by atoms with van der Waals surface area (Å²) >= 11 is 5.70. The molecule has 0 aromatic heterocycles. The lowest BCUT2D eigenvalue weighted by molar-refractivity contribution is -0.137. The molecule has 190 valence electrons. The fourth-order valence-corrected chi connectivity index (χ4v) is 4.84. The monoisotopic (exact) mass is 510 g/mol. The van der Waals surface area contributed by atoms with Crippen LogP contribution in [0.15, 0.2) is 24.3 Å². The number of halogens is 1. The number of amides is 2. The summed E-state index contributed by atoms with van der Waals surface area (Å²) in [6.07, 6.45) is 4.27. The van der Waals surface area contributed by atoms with E-state index in [9.17, 15) is 18.8 Å². The number of carbonyl (C=O) groups excluding carboxylic acids is 3. The van der Waals surface area contributed by atoms with Gasteiger partial charge in [-0.05, 0) is 56.9 Å². The molecule has 0 heterocycles. The van der Waals surface area contributed by atoms with Crippen molar-refractivity contribution in [1.29, 1.82) is 0 Å². The summed E-state index contributed by atoms with van der Waals surface area (Å²) in [6, 6.07) is 7.03. The molecule has 0 saturated heterocycles. The zero-order chi connectivity index (χ0) is 25.5. The van der Waals surface area contributed by atoms with Crippen LogP contribution in [-0.4, -0.2) is 40.3 Å². The van der Waals surface area contributed by atoms with E-state index in [0.717, 1.165) is 17.5 Å². The summed E-state index contributed by atoms with van der Waals surface area (Å²) in [5, 5.41) is 5.66. The van der Waals surface area contributed by atoms with E-state index >= 15 is 0 Å². The number of thiol groups is 1. The number of hydrogen-bond donors (Lipinski definition) is 3. The molecule has 0 radical (unpaired) electrons. The Balaban J connectivity index is 0.00000199. The predicted molar refractivity (Wildman–Crippen MR) is 141 cm³/mol. The maximum absolute atomic E-state index is 14.3. The number of thioether (sulfide) groups is 1.